The van der Waals surface area contributed by atoms with E-state index in [0.717, 1.165) is 22.4 Å². The predicted molar refractivity (Wildman–Crippen MR) is 103 cm³/mol. The number of carbonyl (C=O) groups is 1. The highest BCUT2D eigenvalue weighted by atomic mass is 16.2. The van der Waals surface area contributed by atoms with Gasteiger partial charge in [-0.05, 0) is 22.8 Å². The molecule has 6 heteroatoms. The zero-order chi connectivity index (χ0) is 18.9. The highest BCUT2D eigenvalue weighted by Crippen LogP contribution is 2.39. The number of aliphatic imine (C=N–C) groups is 1. The lowest BCUT2D eigenvalue weighted by atomic mass is 9.82. The number of rotatable bonds is 4. The summed E-state index contributed by atoms with van der Waals surface area (Å²) in [5.41, 5.74) is 8.39. The van der Waals surface area contributed by atoms with E-state index in [4.69, 9.17) is 5.73 Å². The maximum absolute atomic E-state index is 13.2. The summed E-state index contributed by atoms with van der Waals surface area (Å²) < 4.78 is 0. The second kappa shape index (κ2) is 6.64. The Morgan fingerprint density at radius 1 is 1.04 bits per heavy atom. The van der Waals surface area contributed by atoms with Crippen molar-refractivity contribution in [2.45, 2.75) is 12.0 Å². The number of hydrogen-bond acceptors (Lipinski definition) is 5. The standard InChI is InChI=1S/C21H19N5O/c1-26-19(27)21(25-20(26)22,16-7-3-2-4-8-16)17-9-5-6-15(12-17)13-18-10-11-23-14-24-18/h2-12,14H,13H2,1H3,(H2,22,25). The first-order valence-corrected chi connectivity index (χ1v) is 8.64. The minimum absolute atomic E-state index is 0.162. The Hall–Kier alpha value is -3.54. The van der Waals surface area contributed by atoms with Crippen LogP contribution in [0.15, 0.2) is 78.2 Å². The molecule has 2 aromatic carbocycles. The van der Waals surface area contributed by atoms with E-state index in [1.807, 2.05) is 60.7 Å². The van der Waals surface area contributed by atoms with Crippen LogP contribution in [0.2, 0.25) is 0 Å². The van der Waals surface area contributed by atoms with Gasteiger partial charge in [-0.2, -0.15) is 0 Å². The van der Waals surface area contributed by atoms with Crippen molar-refractivity contribution in [1.82, 2.24) is 14.9 Å². The Kier molecular flexibility index (Phi) is 4.16. The minimum Gasteiger partial charge on any atom is -0.369 e. The summed E-state index contributed by atoms with van der Waals surface area (Å²) in [6.07, 6.45) is 3.90. The number of nitrogens with zero attached hydrogens (tertiary/aromatic N) is 4. The van der Waals surface area contributed by atoms with Gasteiger partial charge >= 0.3 is 0 Å². The fraction of sp³-hybridized carbons (Fsp3) is 0.143. The molecule has 1 aliphatic rings. The van der Waals surface area contributed by atoms with Gasteiger partial charge in [-0.15, -0.1) is 0 Å². The Balaban J connectivity index is 1.83. The number of carbonyl (C=O) groups excluding carboxylic acids is 1. The first-order valence-electron chi connectivity index (χ1n) is 8.64. The molecule has 0 radical (unpaired) electrons. The topological polar surface area (TPSA) is 84.5 Å². The van der Waals surface area contributed by atoms with Crippen LogP contribution in [0.5, 0.6) is 0 Å². The summed E-state index contributed by atoms with van der Waals surface area (Å²) in [5, 5.41) is 0. The number of likely N-dealkylation sites (N-methyl/N-ethyl adjacent to an activating group) is 1. The second-order valence-corrected chi connectivity index (χ2v) is 6.49. The third-order valence-electron chi connectivity index (χ3n) is 4.80. The van der Waals surface area contributed by atoms with Crippen LogP contribution in [0.1, 0.15) is 22.4 Å². The van der Waals surface area contributed by atoms with Crippen molar-refractivity contribution in [3.05, 3.63) is 95.6 Å². The van der Waals surface area contributed by atoms with Crippen molar-refractivity contribution in [3.63, 3.8) is 0 Å². The van der Waals surface area contributed by atoms with Crippen LogP contribution in [0.3, 0.4) is 0 Å². The fourth-order valence-corrected chi connectivity index (χ4v) is 3.40. The lowest BCUT2D eigenvalue weighted by Gasteiger charge is -2.26. The molecule has 3 aromatic rings. The third kappa shape index (κ3) is 2.85. The molecule has 1 aliphatic heterocycles. The van der Waals surface area contributed by atoms with Gasteiger partial charge in [0.05, 0.1) is 0 Å². The molecule has 0 spiro atoms. The fourth-order valence-electron chi connectivity index (χ4n) is 3.40. The molecule has 134 valence electrons. The molecule has 0 saturated heterocycles. The van der Waals surface area contributed by atoms with Gasteiger partial charge in [-0.3, -0.25) is 9.69 Å². The summed E-state index contributed by atoms with van der Waals surface area (Å²) in [6.45, 7) is 0. The highest BCUT2D eigenvalue weighted by Gasteiger charge is 2.49. The Bertz CT molecular complexity index is 1000. The van der Waals surface area contributed by atoms with Gasteiger partial charge < -0.3 is 5.73 Å². The molecule has 0 saturated carbocycles. The Morgan fingerprint density at radius 2 is 1.81 bits per heavy atom. The number of amides is 1. The average molecular weight is 357 g/mol. The molecule has 2 N–H and O–H groups in total. The number of nitrogens with two attached hydrogens (primary N) is 1. The van der Waals surface area contributed by atoms with E-state index in [1.54, 1.807) is 13.2 Å². The van der Waals surface area contributed by atoms with Crippen LogP contribution in [0.4, 0.5) is 0 Å². The van der Waals surface area contributed by atoms with Crippen LogP contribution < -0.4 is 5.73 Å². The van der Waals surface area contributed by atoms with Crippen LogP contribution in [0.25, 0.3) is 0 Å². The molecule has 2 heterocycles. The molecule has 1 aromatic heterocycles. The Morgan fingerprint density at radius 3 is 2.48 bits per heavy atom. The number of benzene rings is 2. The molecule has 1 amide bonds. The number of hydrogen-bond donors (Lipinski definition) is 1. The smallest absolute Gasteiger partial charge is 0.266 e. The summed E-state index contributed by atoms with van der Waals surface area (Å²) in [6, 6.07) is 19.3. The zero-order valence-electron chi connectivity index (χ0n) is 14.9. The highest BCUT2D eigenvalue weighted by molar-refractivity contribution is 6.08. The maximum Gasteiger partial charge on any atom is 0.266 e. The van der Waals surface area contributed by atoms with E-state index in [0.29, 0.717) is 6.42 Å². The van der Waals surface area contributed by atoms with E-state index in [1.165, 1.54) is 11.2 Å². The third-order valence-corrected chi connectivity index (χ3v) is 4.80. The van der Waals surface area contributed by atoms with Crippen molar-refractivity contribution in [2.75, 3.05) is 7.05 Å². The Labute approximate surface area is 157 Å². The van der Waals surface area contributed by atoms with Gasteiger partial charge in [0.2, 0.25) is 0 Å². The van der Waals surface area contributed by atoms with Crippen LogP contribution in [0, 0.1) is 0 Å². The molecule has 1 unspecified atom stereocenters. The van der Waals surface area contributed by atoms with Gasteiger partial charge in [0, 0.05) is 25.4 Å². The SMILES string of the molecule is CN1C(=O)C(c2ccccc2)(c2cccc(Cc3ccncn3)c2)N=C1N. The molecule has 0 aliphatic carbocycles. The van der Waals surface area contributed by atoms with Crippen molar-refractivity contribution in [2.24, 2.45) is 10.7 Å². The van der Waals surface area contributed by atoms with Crippen molar-refractivity contribution < 1.29 is 4.79 Å². The summed E-state index contributed by atoms with van der Waals surface area (Å²) in [5.74, 6) is 0.0513. The average Bonchev–Trinajstić information content (AvgIpc) is 2.95. The van der Waals surface area contributed by atoms with E-state index < -0.39 is 5.54 Å². The van der Waals surface area contributed by atoms with Crippen molar-refractivity contribution in [3.8, 4) is 0 Å². The molecule has 0 bridgehead atoms. The van der Waals surface area contributed by atoms with E-state index in [-0.39, 0.29) is 11.9 Å². The molecule has 1 atom stereocenters. The van der Waals surface area contributed by atoms with Crippen molar-refractivity contribution >= 4 is 11.9 Å². The van der Waals surface area contributed by atoms with Crippen LogP contribution in [-0.2, 0) is 16.8 Å². The van der Waals surface area contributed by atoms with E-state index >= 15 is 0 Å². The predicted octanol–water partition coefficient (Wildman–Crippen LogP) is 2.10. The summed E-state index contributed by atoms with van der Waals surface area (Å²) >= 11 is 0. The van der Waals surface area contributed by atoms with Gasteiger partial charge in [0.15, 0.2) is 11.5 Å². The lowest BCUT2D eigenvalue weighted by molar-refractivity contribution is -0.129. The van der Waals surface area contributed by atoms with Gasteiger partial charge in [0.1, 0.15) is 6.33 Å². The first kappa shape index (κ1) is 16.9. The second-order valence-electron chi connectivity index (χ2n) is 6.49. The quantitative estimate of drug-likeness (QED) is 0.775. The van der Waals surface area contributed by atoms with Crippen LogP contribution >= 0.6 is 0 Å². The van der Waals surface area contributed by atoms with Gasteiger partial charge in [-0.25, -0.2) is 15.0 Å². The lowest BCUT2D eigenvalue weighted by Crippen LogP contribution is -2.41. The summed E-state index contributed by atoms with van der Waals surface area (Å²) in [4.78, 5) is 27.5. The maximum atomic E-state index is 13.2. The van der Waals surface area contributed by atoms with Crippen LogP contribution in [-0.4, -0.2) is 33.8 Å². The monoisotopic (exact) mass is 357 g/mol. The summed E-state index contributed by atoms with van der Waals surface area (Å²) in [7, 11) is 1.65. The van der Waals surface area contributed by atoms with Gasteiger partial charge in [-0.1, -0.05) is 54.6 Å². The molecule has 27 heavy (non-hydrogen) atoms. The minimum atomic E-state index is -1.16. The first-order chi connectivity index (χ1) is 13.1. The zero-order valence-corrected chi connectivity index (χ0v) is 14.9. The molecular weight excluding hydrogens is 338 g/mol. The molecule has 6 nitrogen and oxygen atoms in total. The molecule has 4 rings (SSSR count). The largest absolute Gasteiger partial charge is 0.369 e. The number of aromatic nitrogens is 2. The van der Waals surface area contributed by atoms with E-state index in [9.17, 15) is 4.79 Å². The van der Waals surface area contributed by atoms with Gasteiger partial charge in [0.25, 0.3) is 5.91 Å². The molecule has 0 fully saturated rings. The number of guanidine groups is 1. The van der Waals surface area contributed by atoms with E-state index in [2.05, 4.69) is 15.0 Å². The normalized spacial score (nSPS) is 19.2. The van der Waals surface area contributed by atoms with Crippen molar-refractivity contribution in [1.29, 1.82) is 0 Å². The molecular formula is C21H19N5O.